The summed E-state index contributed by atoms with van der Waals surface area (Å²) in [5.41, 5.74) is 7.17. The van der Waals surface area contributed by atoms with Crippen LogP contribution >= 0.6 is 0 Å². The molecule has 2 aliphatic rings. The third kappa shape index (κ3) is 5.78. The van der Waals surface area contributed by atoms with Crippen molar-refractivity contribution in [2.75, 3.05) is 29.0 Å². The number of anilines is 3. The van der Waals surface area contributed by atoms with Gasteiger partial charge in [0.05, 0.1) is 23.2 Å². The Bertz CT molecular complexity index is 715. The molecule has 2 fully saturated rings. The van der Waals surface area contributed by atoms with Gasteiger partial charge in [-0.3, -0.25) is 4.79 Å². The second kappa shape index (κ2) is 9.41. The van der Waals surface area contributed by atoms with Crippen molar-refractivity contribution in [1.29, 1.82) is 0 Å². The molecular formula is C23H39N5O2. The summed E-state index contributed by atoms with van der Waals surface area (Å²) in [5, 5.41) is 16.9. The molecule has 1 aromatic heterocycles. The molecule has 7 heteroatoms. The van der Waals surface area contributed by atoms with Crippen molar-refractivity contribution in [1.82, 2.24) is 10.3 Å². The third-order valence-electron chi connectivity index (χ3n) is 6.63. The Balaban J connectivity index is 1.56. The van der Waals surface area contributed by atoms with Crippen LogP contribution in [0.4, 0.5) is 17.2 Å². The molecule has 1 saturated carbocycles. The van der Waals surface area contributed by atoms with Crippen LogP contribution in [0.15, 0.2) is 12.3 Å². The molecule has 1 aliphatic carbocycles. The van der Waals surface area contributed by atoms with E-state index < -0.39 is 5.60 Å². The Morgan fingerprint density at radius 1 is 1.20 bits per heavy atom. The highest BCUT2D eigenvalue weighted by Crippen LogP contribution is 2.33. The lowest BCUT2D eigenvalue weighted by atomic mass is 9.83. The fourth-order valence-corrected chi connectivity index (χ4v) is 4.69. The smallest absolute Gasteiger partial charge is 0.223 e. The van der Waals surface area contributed by atoms with Crippen LogP contribution in [0.2, 0.25) is 0 Å². The first-order valence-corrected chi connectivity index (χ1v) is 11.4. The van der Waals surface area contributed by atoms with E-state index >= 15 is 0 Å². The van der Waals surface area contributed by atoms with Crippen LogP contribution in [0.5, 0.6) is 0 Å². The van der Waals surface area contributed by atoms with E-state index in [4.69, 9.17) is 5.73 Å². The molecule has 1 aliphatic heterocycles. The summed E-state index contributed by atoms with van der Waals surface area (Å²) in [4.78, 5) is 19.1. The quantitative estimate of drug-likeness (QED) is 0.567. The minimum absolute atomic E-state index is 0.118. The number of hydrogen-bond donors (Lipinski definition) is 4. The lowest BCUT2D eigenvalue weighted by molar-refractivity contribution is -0.126. The molecule has 2 heterocycles. The number of amides is 1. The van der Waals surface area contributed by atoms with Gasteiger partial charge < -0.3 is 26.4 Å². The monoisotopic (exact) mass is 417 g/mol. The second-order valence-corrected chi connectivity index (χ2v) is 9.90. The Morgan fingerprint density at radius 3 is 2.40 bits per heavy atom. The first-order chi connectivity index (χ1) is 14.1. The summed E-state index contributed by atoms with van der Waals surface area (Å²) in [6.45, 7) is 9.59. The summed E-state index contributed by atoms with van der Waals surface area (Å²) in [5.74, 6) is 1.56. The highest BCUT2D eigenvalue weighted by molar-refractivity contribution is 5.79. The zero-order valence-corrected chi connectivity index (χ0v) is 18.9. The van der Waals surface area contributed by atoms with Crippen LogP contribution in [-0.2, 0) is 4.79 Å². The highest BCUT2D eigenvalue weighted by Gasteiger charge is 2.31. The minimum Gasteiger partial charge on any atom is -0.396 e. The van der Waals surface area contributed by atoms with Gasteiger partial charge >= 0.3 is 0 Å². The second-order valence-electron chi connectivity index (χ2n) is 9.90. The van der Waals surface area contributed by atoms with Gasteiger partial charge in [-0.25, -0.2) is 4.98 Å². The Hall–Kier alpha value is -2.02. The Morgan fingerprint density at radius 2 is 1.83 bits per heavy atom. The molecule has 0 atom stereocenters. The molecule has 0 radical (unpaired) electrons. The van der Waals surface area contributed by atoms with Gasteiger partial charge in [0, 0.05) is 37.2 Å². The van der Waals surface area contributed by atoms with E-state index in [9.17, 15) is 9.90 Å². The molecule has 1 saturated heterocycles. The summed E-state index contributed by atoms with van der Waals surface area (Å²) < 4.78 is 0. The number of piperidine rings is 1. The van der Waals surface area contributed by atoms with E-state index in [-0.39, 0.29) is 17.9 Å². The molecule has 0 aromatic carbocycles. The molecule has 0 bridgehead atoms. The first-order valence-electron chi connectivity index (χ1n) is 11.4. The first kappa shape index (κ1) is 22.7. The van der Waals surface area contributed by atoms with Crippen LogP contribution in [0, 0.1) is 11.8 Å². The molecule has 1 aromatic rings. The zero-order valence-electron chi connectivity index (χ0n) is 18.9. The summed E-state index contributed by atoms with van der Waals surface area (Å²) >= 11 is 0. The largest absolute Gasteiger partial charge is 0.396 e. The average Bonchev–Trinajstić information content (AvgIpc) is 2.69. The third-order valence-corrected chi connectivity index (χ3v) is 6.63. The van der Waals surface area contributed by atoms with Gasteiger partial charge in [-0.2, -0.15) is 0 Å². The van der Waals surface area contributed by atoms with Gasteiger partial charge in [0.15, 0.2) is 0 Å². The SMILES string of the molecule is CC(C)NC(=O)[C@H]1CC[C@@H](Nc2cc(N3CCC(C(C)(C)O)CC3)ncc2N)CC1. The number of aliphatic hydroxyl groups is 1. The van der Waals surface area contributed by atoms with Crippen molar-refractivity contribution >= 4 is 23.1 Å². The van der Waals surface area contributed by atoms with Crippen molar-refractivity contribution < 1.29 is 9.90 Å². The van der Waals surface area contributed by atoms with E-state index in [0.29, 0.717) is 17.6 Å². The fraction of sp³-hybridized carbons (Fsp3) is 0.739. The van der Waals surface area contributed by atoms with Gasteiger partial charge in [-0.1, -0.05) is 0 Å². The lowest BCUT2D eigenvalue weighted by Crippen LogP contribution is -2.42. The average molecular weight is 418 g/mol. The van der Waals surface area contributed by atoms with Crippen molar-refractivity contribution in [3.63, 3.8) is 0 Å². The summed E-state index contributed by atoms with van der Waals surface area (Å²) in [6.07, 6.45) is 7.38. The Kier molecular flexibility index (Phi) is 7.11. The van der Waals surface area contributed by atoms with Crippen molar-refractivity contribution in [3.8, 4) is 0 Å². The number of nitrogens with two attached hydrogens (primary N) is 1. The van der Waals surface area contributed by atoms with Crippen LogP contribution in [0.1, 0.15) is 66.2 Å². The predicted molar refractivity (Wildman–Crippen MR) is 123 cm³/mol. The van der Waals surface area contributed by atoms with Crippen molar-refractivity contribution in [2.45, 2.75) is 83.9 Å². The maximum atomic E-state index is 12.3. The van der Waals surface area contributed by atoms with Gasteiger partial charge in [0.25, 0.3) is 0 Å². The number of hydrogen-bond acceptors (Lipinski definition) is 6. The maximum Gasteiger partial charge on any atom is 0.223 e. The van der Waals surface area contributed by atoms with Gasteiger partial charge in [0.1, 0.15) is 5.82 Å². The lowest BCUT2D eigenvalue weighted by Gasteiger charge is -2.38. The topological polar surface area (TPSA) is 104 Å². The number of carbonyl (C=O) groups is 1. The number of nitrogens with zero attached hydrogens (tertiary/aromatic N) is 2. The van der Waals surface area contributed by atoms with E-state index in [1.54, 1.807) is 6.20 Å². The minimum atomic E-state index is -0.627. The number of pyridine rings is 1. The standard InChI is InChI=1S/C23H39N5O2/c1-15(2)26-22(29)16-5-7-18(8-6-16)27-20-13-21(25-14-19(20)24)28-11-9-17(10-12-28)23(3,4)30/h13-18,30H,5-12,24H2,1-4H3,(H,25,27)(H,26,29)/t16-,18+. The van der Waals surface area contributed by atoms with Crippen LogP contribution in [0.3, 0.4) is 0 Å². The molecule has 0 spiro atoms. The molecule has 1 amide bonds. The normalized spacial score (nSPS) is 23.5. The predicted octanol–water partition coefficient (Wildman–Crippen LogP) is 3.15. The summed E-state index contributed by atoms with van der Waals surface area (Å²) in [6, 6.07) is 2.57. The molecule has 168 valence electrons. The van der Waals surface area contributed by atoms with Crippen molar-refractivity contribution in [2.24, 2.45) is 11.8 Å². The number of nitrogens with one attached hydrogen (secondary N) is 2. The van der Waals surface area contributed by atoms with E-state index in [0.717, 1.165) is 63.1 Å². The van der Waals surface area contributed by atoms with Gasteiger partial charge in [-0.05, 0) is 72.1 Å². The molecule has 5 N–H and O–H groups in total. The number of aromatic nitrogens is 1. The molecule has 30 heavy (non-hydrogen) atoms. The van der Waals surface area contributed by atoms with E-state index in [1.807, 2.05) is 27.7 Å². The van der Waals surface area contributed by atoms with Crippen molar-refractivity contribution in [3.05, 3.63) is 12.3 Å². The van der Waals surface area contributed by atoms with Crippen LogP contribution in [-0.4, -0.2) is 46.8 Å². The highest BCUT2D eigenvalue weighted by atomic mass is 16.3. The van der Waals surface area contributed by atoms with Gasteiger partial charge in [-0.15, -0.1) is 0 Å². The Labute approximate surface area is 180 Å². The molecule has 3 rings (SSSR count). The maximum absolute atomic E-state index is 12.3. The molecular weight excluding hydrogens is 378 g/mol. The van der Waals surface area contributed by atoms with Crippen LogP contribution in [0.25, 0.3) is 0 Å². The summed E-state index contributed by atoms with van der Waals surface area (Å²) in [7, 11) is 0. The zero-order chi connectivity index (χ0) is 21.9. The number of nitrogen functional groups attached to an aromatic ring is 1. The molecule has 0 unspecified atom stereocenters. The number of carbonyl (C=O) groups excluding carboxylic acids is 1. The van der Waals surface area contributed by atoms with Gasteiger partial charge in [0.2, 0.25) is 5.91 Å². The van der Waals surface area contributed by atoms with E-state index in [1.165, 1.54) is 0 Å². The van der Waals surface area contributed by atoms with Crippen LogP contribution < -0.4 is 21.3 Å². The number of rotatable bonds is 6. The molecule has 7 nitrogen and oxygen atoms in total. The van der Waals surface area contributed by atoms with E-state index in [2.05, 4.69) is 26.6 Å². The fourth-order valence-electron chi connectivity index (χ4n) is 4.69.